The summed E-state index contributed by atoms with van der Waals surface area (Å²) >= 11 is 0. The molecule has 1 atom stereocenters. The molecule has 1 fully saturated rings. The largest absolute Gasteiger partial charge is 0.496 e. The monoisotopic (exact) mass is 393 g/mol. The van der Waals surface area contributed by atoms with Crippen molar-refractivity contribution in [1.29, 1.82) is 0 Å². The molecule has 3 aromatic rings. The Hall–Kier alpha value is -3.28. The van der Waals surface area contributed by atoms with Gasteiger partial charge < -0.3 is 14.2 Å². The molecule has 0 aliphatic carbocycles. The standard InChI is InChI=1S/C23H23NO5/c1-13-5-6-17-16(11-24-20(22(25)28-4)12-29-23(24)26)9-15-10-21(27-3)14(2)8-18(15)19(17)7-13/h5-10,20H,11-12H2,1-4H3/t20-/m1/s1. The molecule has 150 valence electrons. The Balaban J connectivity index is 1.90. The lowest BCUT2D eigenvalue weighted by Crippen LogP contribution is -2.39. The highest BCUT2D eigenvalue weighted by Crippen LogP contribution is 2.35. The molecule has 0 aromatic heterocycles. The van der Waals surface area contributed by atoms with Gasteiger partial charge in [0.15, 0.2) is 6.04 Å². The van der Waals surface area contributed by atoms with Crippen molar-refractivity contribution in [2.24, 2.45) is 0 Å². The lowest BCUT2D eigenvalue weighted by Gasteiger charge is -2.21. The van der Waals surface area contributed by atoms with Gasteiger partial charge in [0, 0.05) is 0 Å². The van der Waals surface area contributed by atoms with Gasteiger partial charge in [0.25, 0.3) is 0 Å². The molecule has 1 amide bonds. The molecule has 1 saturated heterocycles. The topological polar surface area (TPSA) is 65.1 Å². The van der Waals surface area contributed by atoms with Crippen LogP contribution >= 0.6 is 0 Å². The number of rotatable bonds is 4. The van der Waals surface area contributed by atoms with E-state index in [1.54, 1.807) is 7.11 Å². The van der Waals surface area contributed by atoms with Crippen LogP contribution in [-0.2, 0) is 20.8 Å². The number of ether oxygens (including phenoxy) is 3. The smallest absolute Gasteiger partial charge is 0.411 e. The van der Waals surface area contributed by atoms with Gasteiger partial charge in [-0.15, -0.1) is 0 Å². The molecule has 0 N–H and O–H groups in total. The SMILES string of the molecule is COC(=O)[C@H]1COC(=O)N1Cc1cc2cc(OC)c(C)cc2c2cc(C)ccc12. The van der Waals surface area contributed by atoms with E-state index in [-0.39, 0.29) is 13.2 Å². The van der Waals surface area contributed by atoms with Crippen LogP contribution in [0, 0.1) is 13.8 Å². The Morgan fingerprint density at radius 3 is 2.62 bits per heavy atom. The molecular weight excluding hydrogens is 370 g/mol. The normalized spacial score (nSPS) is 16.3. The first-order chi connectivity index (χ1) is 13.9. The Morgan fingerprint density at radius 1 is 1.10 bits per heavy atom. The molecule has 0 radical (unpaired) electrons. The zero-order valence-corrected chi connectivity index (χ0v) is 16.9. The highest BCUT2D eigenvalue weighted by atomic mass is 16.6. The highest BCUT2D eigenvalue weighted by molar-refractivity contribution is 6.10. The van der Waals surface area contributed by atoms with Crippen molar-refractivity contribution in [2.45, 2.75) is 26.4 Å². The Morgan fingerprint density at radius 2 is 1.90 bits per heavy atom. The van der Waals surface area contributed by atoms with Gasteiger partial charge in [-0.3, -0.25) is 4.90 Å². The number of carbonyl (C=O) groups is 2. The molecule has 6 heteroatoms. The zero-order chi connectivity index (χ0) is 20.7. The number of aryl methyl sites for hydroxylation is 2. The zero-order valence-electron chi connectivity index (χ0n) is 16.9. The third kappa shape index (κ3) is 3.24. The van der Waals surface area contributed by atoms with E-state index in [0.29, 0.717) is 0 Å². The van der Waals surface area contributed by atoms with Crippen LogP contribution in [0.4, 0.5) is 4.79 Å². The third-order valence-corrected chi connectivity index (χ3v) is 5.50. The average molecular weight is 393 g/mol. The van der Waals surface area contributed by atoms with Crippen LogP contribution in [0.5, 0.6) is 5.75 Å². The van der Waals surface area contributed by atoms with Gasteiger partial charge in [-0.2, -0.15) is 0 Å². The predicted octanol–water partition coefficient (Wildman–Crippen LogP) is 4.11. The van der Waals surface area contributed by atoms with Crippen LogP contribution in [0.1, 0.15) is 16.7 Å². The first kappa shape index (κ1) is 19.1. The Bertz CT molecular complexity index is 1140. The van der Waals surface area contributed by atoms with E-state index in [4.69, 9.17) is 14.2 Å². The fourth-order valence-electron chi connectivity index (χ4n) is 3.97. The van der Waals surface area contributed by atoms with Crippen LogP contribution in [0.15, 0.2) is 36.4 Å². The Labute approximate surface area is 168 Å². The molecule has 29 heavy (non-hydrogen) atoms. The first-order valence-electron chi connectivity index (χ1n) is 9.44. The summed E-state index contributed by atoms with van der Waals surface area (Å²) in [7, 11) is 2.97. The molecule has 0 bridgehead atoms. The summed E-state index contributed by atoms with van der Waals surface area (Å²) in [4.78, 5) is 25.8. The van der Waals surface area contributed by atoms with E-state index in [0.717, 1.165) is 44.0 Å². The average Bonchev–Trinajstić information content (AvgIpc) is 3.07. The van der Waals surface area contributed by atoms with Crippen molar-refractivity contribution in [2.75, 3.05) is 20.8 Å². The van der Waals surface area contributed by atoms with Crippen molar-refractivity contribution in [3.8, 4) is 5.75 Å². The maximum Gasteiger partial charge on any atom is 0.411 e. The minimum absolute atomic E-state index is 0.00312. The summed E-state index contributed by atoms with van der Waals surface area (Å²) < 4.78 is 15.4. The molecular formula is C23H23NO5. The van der Waals surface area contributed by atoms with Crippen molar-refractivity contribution in [3.05, 3.63) is 53.1 Å². The molecule has 1 aliphatic rings. The number of methoxy groups -OCH3 is 2. The second kappa shape index (κ2) is 7.28. The number of hydrogen-bond donors (Lipinski definition) is 0. The van der Waals surface area contributed by atoms with Gasteiger partial charge in [0.2, 0.25) is 0 Å². The number of carbonyl (C=O) groups excluding carboxylic acids is 2. The second-order valence-corrected chi connectivity index (χ2v) is 7.37. The number of cyclic esters (lactones) is 1. The lowest BCUT2D eigenvalue weighted by atomic mass is 9.94. The summed E-state index contributed by atoms with van der Waals surface area (Å²) in [5.41, 5.74) is 3.15. The van der Waals surface area contributed by atoms with Crippen molar-refractivity contribution in [3.63, 3.8) is 0 Å². The number of benzene rings is 3. The van der Waals surface area contributed by atoms with Crippen LogP contribution in [0.25, 0.3) is 21.5 Å². The first-order valence-corrected chi connectivity index (χ1v) is 9.44. The van der Waals surface area contributed by atoms with Gasteiger partial charge in [0.1, 0.15) is 12.4 Å². The predicted molar refractivity (Wildman–Crippen MR) is 110 cm³/mol. The molecule has 3 aromatic carbocycles. The fraction of sp³-hybridized carbons (Fsp3) is 0.304. The van der Waals surface area contributed by atoms with Gasteiger partial charge in [-0.25, -0.2) is 9.59 Å². The number of fused-ring (bicyclic) bond motifs is 3. The van der Waals surface area contributed by atoms with Crippen LogP contribution in [0.2, 0.25) is 0 Å². The maximum atomic E-state index is 12.3. The minimum Gasteiger partial charge on any atom is -0.496 e. The summed E-state index contributed by atoms with van der Waals surface area (Å²) in [6.45, 7) is 4.34. The maximum absolute atomic E-state index is 12.3. The second-order valence-electron chi connectivity index (χ2n) is 7.37. The summed E-state index contributed by atoms with van der Waals surface area (Å²) in [6, 6.07) is 11.7. The van der Waals surface area contributed by atoms with Gasteiger partial charge in [-0.1, -0.05) is 23.8 Å². The van der Waals surface area contributed by atoms with Gasteiger partial charge >= 0.3 is 12.1 Å². The van der Waals surface area contributed by atoms with E-state index in [9.17, 15) is 9.59 Å². The number of amides is 1. The van der Waals surface area contributed by atoms with E-state index >= 15 is 0 Å². The Kier molecular flexibility index (Phi) is 4.78. The van der Waals surface area contributed by atoms with E-state index in [2.05, 4.69) is 31.2 Å². The molecule has 1 heterocycles. The van der Waals surface area contributed by atoms with Gasteiger partial charge in [-0.05, 0) is 64.7 Å². The van der Waals surface area contributed by atoms with Crippen molar-refractivity contribution < 1.29 is 23.8 Å². The van der Waals surface area contributed by atoms with E-state index < -0.39 is 18.1 Å². The fourth-order valence-corrected chi connectivity index (χ4v) is 3.97. The van der Waals surface area contributed by atoms with E-state index in [1.807, 2.05) is 19.1 Å². The molecule has 1 aliphatic heterocycles. The quantitative estimate of drug-likeness (QED) is 0.493. The van der Waals surface area contributed by atoms with Crippen molar-refractivity contribution >= 4 is 33.6 Å². The summed E-state index contributed by atoms with van der Waals surface area (Å²) in [6.07, 6.45) is -0.512. The van der Waals surface area contributed by atoms with Crippen LogP contribution < -0.4 is 4.74 Å². The minimum atomic E-state index is -0.740. The van der Waals surface area contributed by atoms with Crippen molar-refractivity contribution in [1.82, 2.24) is 4.90 Å². The molecule has 6 nitrogen and oxygen atoms in total. The molecule has 0 saturated carbocycles. The third-order valence-electron chi connectivity index (χ3n) is 5.50. The lowest BCUT2D eigenvalue weighted by molar-refractivity contribution is -0.145. The number of esters is 1. The van der Waals surface area contributed by atoms with Crippen LogP contribution in [-0.4, -0.2) is 43.8 Å². The van der Waals surface area contributed by atoms with Gasteiger partial charge in [0.05, 0.1) is 20.8 Å². The summed E-state index contributed by atoms with van der Waals surface area (Å²) in [5, 5.41) is 4.28. The molecule has 0 spiro atoms. The summed E-state index contributed by atoms with van der Waals surface area (Å²) in [5.74, 6) is 0.331. The molecule has 0 unspecified atom stereocenters. The van der Waals surface area contributed by atoms with E-state index in [1.165, 1.54) is 12.0 Å². The number of nitrogens with zero attached hydrogens (tertiary/aromatic N) is 1. The van der Waals surface area contributed by atoms with Crippen LogP contribution in [0.3, 0.4) is 0 Å². The molecule has 4 rings (SSSR count). The highest BCUT2D eigenvalue weighted by Gasteiger charge is 2.39. The number of hydrogen-bond acceptors (Lipinski definition) is 5.